The number of nitrogens with one attached hydrogen (secondary N) is 1. The summed E-state index contributed by atoms with van der Waals surface area (Å²) in [6, 6.07) is -0.456. The standard InChI is InChI=1S/C12H18N4O2/c17-12(18)9-5-3-4-8(13-9)11-14-10-6-1-2-7-16(10)15-11/h8-9,13H,1-7H2,(H,17,18). The van der Waals surface area contributed by atoms with Crippen molar-refractivity contribution in [3.05, 3.63) is 11.6 Å². The number of carbonyl (C=O) groups is 1. The van der Waals surface area contributed by atoms with Gasteiger partial charge in [-0.15, -0.1) is 0 Å². The maximum atomic E-state index is 11.0. The van der Waals surface area contributed by atoms with E-state index in [4.69, 9.17) is 5.11 Å². The molecular weight excluding hydrogens is 232 g/mol. The molecule has 18 heavy (non-hydrogen) atoms. The molecule has 1 saturated heterocycles. The van der Waals surface area contributed by atoms with E-state index in [-0.39, 0.29) is 6.04 Å². The lowest BCUT2D eigenvalue weighted by Gasteiger charge is -2.26. The molecule has 0 aliphatic carbocycles. The van der Waals surface area contributed by atoms with E-state index < -0.39 is 12.0 Å². The van der Waals surface area contributed by atoms with E-state index in [2.05, 4.69) is 15.4 Å². The van der Waals surface area contributed by atoms with Gasteiger partial charge in [0.2, 0.25) is 0 Å². The Bertz CT molecular complexity index is 433. The van der Waals surface area contributed by atoms with Crippen LogP contribution in [0.1, 0.15) is 49.8 Å². The molecule has 1 aromatic rings. The van der Waals surface area contributed by atoms with Crippen LogP contribution in [0.15, 0.2) is 0 Å². The average Bonchev–Trinajstić information content (AvgIpc) is 2.82. The number of fused-ring (bicyclic) bond motifs is 1. The Balaban J connectivity index is 1.77. The summed E-state index contributed by atoms with van der Waals surface area (Å²) in [6.45, 7) is 0.942. The molecule has 6 heteroatoms. The summed E-state index contributed by atoms with van der Waals surface area (Å²) in [5.41, 5.74) is 0. The second-order valence-corrected chi connectivity index (χ2v) is 5.11. The maximum Gasteiger partial charge on any atom is 0.320 e. The predicted octanol–water partition coefficient (Wildman–Crippen LogP) is 0.882. The molecule has 1 fully saturated rings. The number of nitrogens with zero attached hydrogens (tertiary/aromatic N) is 3. The molecule has 3 rings (SSSR count). The number of aromatic nitrogens is 3. The lowest BCUT2D eigenvalue weighted by molar-refractivity contribution is -0.140. The fourth-order valence-electron chi connectivity index (χ4n) is 2.78. The molecule has 1 aromatic heterocycles. The third-order valence-electron chi connectivity index (χ3n) is 3.78. The van der Waals surface area contributed by atoms with Gasteiger partial charge in [-0.1, -0.05) is 0 Å². The number of carboxylic acid groups (broad SMARTS) is 1. The van der Waals surface area contributed by atoms with E-state index in [9.17, 15) is 4.79 Å². The molecule has 98 valence electrons. The van der Waals surface area contributed by atoms with Gasteiger partial charge in [-0.3, -0.25) is 10.1 Å². The van der Waals surface area contributed by atoms with Crippen molar-refractivity contribution >= 4 is 5.97 Å². The second-order valence-electron chi connectivity index (χ2n) is 5.11. The first-order chi connectivity index (χ1) is 8.74. The lowest BCUT2D eigenvalue weighted by atomic mass is 9.98. The van der Waals surface area contributed by atoms with Gasteiger partial charge in [-0.05, 0) is 32.1 Å². The molecule has 0 radical (unpaired) electrons. The SMILES string of the molecule is O=C(O)C1CCCC(c2nc3n(n2)CCCC3)N1. The summed E-state index contributed by atoms with van der Waals surface area (Å²) in [5, 5.41) is 16.7. The van der Waals surface area contributed by atoms with E-state index in [1.807, 2.05) is 4.68 Å². The lowest BCUT2D eigenvalue weighted by Crippen LogP contribution is -2.42. The van der Waals surface area contributed by atoms with Crippen molar-refractivity contribution in [1.82, 2.24) is 20.1 Å². The molecule has 2 aliphatic heterocycles. The van der Waals surface area contributed by atoms with Gasteiger partial charge in [0.15, 0.2) is 5.82 Å². The van der Waals surface area contributed by atoms with Crippen molar-refractivity contribution in [3.63, 3.8) is 0 Å². The number of aliphatic carboxylic acids is 1. The normalized spacial score (nSPS) is 27.8. The van der Waals surface area contributed by atoms with Gasteiger partial charge in [0.05, 0.1) is 6.04 Å². The third-order valence-corrected chi connectivity index (χ3v) is 3.78. The molecular formula is C12H18N4O2. The predicted molar refractivity (Wildman–Crippen MR) is 64.1 cm³/mol. The molecule has 0 spiro atoms. The molecule has 0 saturated carbocycles. The first-order valence-electron chi connectivity index (χ1n) is 6.66. The number of hydrogen-bond acceptors (Lipinski definition) is 4. The van der Waals surface area contributed by atoms with Crippen LogP contribution in [0.5, 0.6) is 0 Å². The maximum absolute atomic E-state index is 11.0. The van der Waals surface area contributed by atoms with Crippen molar-refractivity contribution in [2.24, 2.45) is 0 Å². The van der Waals surface area contributed by atoms with E-state index in [0.717, 1.165) is 43.9 Å². The van der Waals surface area contributed by atoms with Crippen LogP contribution in [-0.4, -0.2) is 31.9 Å². The van der Waals surface area contributed by atoms with Crippen LogP contribution < -0.4 is 5.32 Å². The molecule has 0 aromatic carbocycles. The highest BCUT2D eigenvalue weighted by Gasteiger charge is 2.29. The Morgan fingerprint density at radius 2 is 2.22 bits per heavy atom. The Kier molecular flexibility index (Phi) is 3.03. The average molecular weight is 250 g/mol. The minimum Gasteiger partial charge on any atom is -0.480 e. The van der Waals surface area contributed by atoms with Crippen LogP contribution in [0.2, 0.25) is 0 Å². The molecule has 0 bridgehead atoms. The summed E-state index contributed by atoms with van der Waals surface area (Å²) >= 11 is 0. The Hall–Kier alpha value is -1.43. The molecule has 2 N–H and O–H groups in total. The Morgan fingerprint density at radius 1 is 1.33 bits per heavy atom. The van der Waals surface area contributed by atoms with Crippen LogP contribution in [0.25, 0.3) is 0 Å². The van der Waals surface area contributed by atoms with Crippen LogP contribution in [0, 0.1) is 0 Å². The van der Waals surface area contributed by atoms with Gasteiger partial charge in [-0.25, -0.2) is 9.67 Å². The van der Waals surface area contributed by atoms with Gasteiger partial charge < -0.3 is 5.11 Å². The van der Waals surface area contributed by atoms with Crippen LogP contribution in [-0.2, 0) is 17.8 Å². The van der Waals surface area contributed by atoms with E-state index in [1.54, 1.807) is 0 Å². The molecule has 2 atom stereocenters. The number of hydrogen-bond donors (Lipinski definition) is 2. The van der Waals surface area contributed by atoms with Gasteiger partial charge in [0.1, 0.15) is 11.9 Å². The first-order valence-corrected chi connectivity index (χ1v) is 6.66. The van der Waals surface area contributed by atoms with Crippen molar-refractivity contribution in [2.45, 2.75) is 57.2 Å². The summed E-state index contributed by atoms with van der Waals surface area (Å²) in [5.74, 6) is 1.05. The van der Waals surface area contributed by atoms with E-state index >= 15 is 0 Å². The van der Waals surface area contributed by atoms with Crippen molar-refractivity contribution in [2.75, 3.05) is 0 Å². The molecule has 3 heterocycles. The zero-order chi connectivity index (χ0) is 12.5. The van der Waals surface area contributed by atoms with Gasteiger partial charge in [0.25, 0.3) is 0 Å². The quantitative estimate of drug-likeness (QED) is 0.814. The topological polar surface area (TPSA) is 80.0 Å². The minimum absolute atomic E-state index is 0.00190. The number of aryl methyl sites for hydroxylation is 2. The second kappa shape index (κ2) is 4.68. The van der Waals surface area contributed by atoms with E-state index in [0.29, 0.717) is 6.42 Å². The molecule has 2 unspecified atom stereocenters. The summed E-state index contributed by atoms with van der Waals surface area (Å²) in [6.07, 6.45) is 5.85. The summed E-state index contributed by atoms with van der Waals surface area (Å²) in [7, 11) is 0. The molecule has 2 aliphatic rings. The van der Waals surface area contributed by atoms with Gasteiger partial charge >= 0.3 is 5.97 Å². The zero-order valence-electron chi connectivity index (χ0n) is 10.3. The monoisotopic (exact) mass is 250 g/mol. The largest absolute Gasteiger partial charge is 0.480 e. The van der Waals surface area contributed by atoms with Crippen LogP contribution >= 0.6 is 0 Å². The van der Waals surface area contributed by atoms with Crippen molar-refractivity contribution in [3.8, 4) is 0 Å². The third kappa shape index (κ3) is 2.12. The molecule has 0 amide bonds. The van der Waals surface area contributed by atoms with Crippen LogP contribution in [0.3, 0.4) is 0 Å². The Labute approximate surface area is 105 Å². The highest BCUT2D eigenvalue weighted by molar-refractivity contribution is 5.73. The first kappa shape index (κ1) is 11.6. The van der Waals surface area contributed by atoms with Gasteiger partial charge in [0, 0.05) is 13.0 Å². The van der Waals surface area contributed by atoms with Crippen molar-refractivity contribution < 1.29 is 9.90 Å². The fraction of sp³-hybridized carbons (Fsp3) is 0.750. The zero-order valence-corrected chi connectivity index (χ0v) is 10.3. The summed E-state index contributed by atoms with van der Waals surface area (Å²) in [4.78, 5) is 15.6. The highest BCUT2D eigenvalue weighted by Crippen LogP contribution is 2.25. The van der Waals surface area contributed by atoms with E-state index in [1.165, 1.54) is 6.42 Å². The Morgan fingerprint density at radius 3 is 3.00 bits per heavy atom. The smallest absolute Gasteiger partial charge is 0.320 e. The number of rotatable bonds is 2. The summed E-state index contributed by atoms with van der Waals surface area (Å²) < 4.78 is 1.98. The minimum atomic E-state index is -0.774. The molecule has 6 nitrogen and oxygen atoms in total. The fourth-order valence-corrected chi connectivity index (χ4v) is 2.78. The van der Waals surface area contributed by atoms with Gasteiger partial charge in [-0.2, -0.15) is 5.10 Å². The number of piperidine rings is 1. The van der Waals surface area contributed by atoms with Crippen LogP contribution in [0.4, 0.5) is 0 Å². The number of carboxylic acids is 1. The highest BCUT2D eigenvalue weighted by atomic mass is 16.4. The van der Waals surface area contributed by atoms with Crippen molar-refractivity contribution in [1.29, 1.82) is 0 Å².